The predicted molar refractivity (Wildman–Crippen MR) is 81.9 cm³/mol. The van der Waals surface area contributed by atoms with Crippen LogP contribution < -0.4 is 5.73 Å². The van der Waals surface area contributed by atoms with E-state index in [0.717, 1.165) is 58.7 Å². The second-order valence-corrected chi connectivity index (χ2v) is 7.06. The molecular weight excluding hydrogens is 266 g/mol. The molecule has 0 aromatic carbocycles. The molecule has 5 nitrogen and oxygen atoms in total. The Labute approximate surface area is 127 Å². The van der Waals surface area contributed by atoms with Gasteiger partial charge in [0.15, 0.2) is 0 Å². The third-order valence-electron chi connectivity index (χ3n) is 5.52. The van der Waals surface area contributed by atoms with Crippen molar-refractivity contribution in [2.24, 2.45) is 17.6 Å². The van der Waals surface area contributed by atoms with Crippen LogP contribution in [0.3, 0.4) is 0 Å². The minimum absolute atomic E-state index is 0.0530. The van der Waals surface area contributed by atoms with Gasteiger partial charge in [-0.25, -0.2) is 0 Å². The quantitative estimate of drug-likeness (QED) is 0.814. The Morgan fingerprint density at radius 3 is 2.67 bits per heavy atom. The van der Waals surface area contributed by atoms with Gasteiger partial charge in [0.2, 0.25) is 5.91 Å². The molecule has 1 amide bonds. The molecule has 2 aliphatic heterocycles. The molecule has 1 saturated carbocycles. The van der Waals surface area contributed by atoms with Crippen molar-refractivity contribution in [2.45, 2.75) is 44.7 Å². The number of carbonyl (C=O) groups is 1. The molecule has 0 bridgehead atoms. The van der Waals surface area contributed by atoms with Crippen LogP contribution in [-0.4, -0.2) is 67.2 Å². The van der Waals surface area contributed by atoms with Crippen LogP contribution in [0.15, 0.2) is 0 Å². The lowest BCUT2D eigenvalue weighted by atomic mass is 9.78. The van der Waals surface area contributed by atoms with Crippen LogP contribution >= 0.6 is 0 Å². The van der Waals surface area contributed by atoms with Crippen LogP contribution in [0.2, 0.25) is 0 Å². The molecule has 2 saturated heterocycles. The molecular formula is C16H29N3O2. The standard InChI is InChI=1S/C16H29N3O2/c1-12-2-3-15(17)14(10-12)16(20)19-5-4-13(11-19)18-6-8-21-9-7-18/h12-15H,2-11,17H2,1H3. The Morgan fingerprint density at radius 2 is 1.90 bits per heavy atom. The zero-order chi connectivity index (χ0) is 14.8. The minimum Gasteiger partial charge on any atom is -0.379 e. The number of carbonyl (C=O) groups excluding carboxylic acids is 1. The molecule has 3 aliphatic rings. The second kappa shape index (κ2) is 6.63. The summed E-state index contributed by atoms with van der Waals surface area (Å²) in [7, 11) is 0. The first-order valence-corrected chi connectivity index (χ1v) is 8.51. The van der Waals surface area contributed by atoms with E-state index >= 15 is 0 Å². The van der Waals surface area contributed by atoms with Crippen molar-refractivity contribution in [1.29, 1.82) is 0 Å². The van der Waals surface area contributed by atoms with Crippen LogP contribution in [0, 0.1) is 11.8 Å². The summed E-state index contributed by atoms with van der Waals surface area (Å²) < 4.78 is 5.42. The molecule has 21 heavy (non-hydrogen) atoms. The fourth-order valence-corrected chi connectivity index (χ4v) is 4.11. The molecule has 1 aliphatic carbocycles. The Morgan fingerprint density at radius 1 is 1.14 bits per heavy atom. The van der Waals surface area contributed by atoms with Gasteiger partial charge in [0.1, 0.15) is 0 Å². The maximum Gasteiger partial charge on any atom is 0.227 e. The number of hydrogen-bond donors (Lipinski definition) is 1. The molecule has 3 rings (SSSR count). The Balaban J connectivity index is 1.56. The van der Waals surface area contributed by atoms with E-state index in [9.17, 15) is 4.79 Å². The van der Waals surface area contributed by atoms with Gasteiger partial charge in [0.05, 0.1) is 19.1 Å². The number of likely N-dealkylation sites (tertiary alicyclic amines) is 1. The van der Waals surface area contributed by atoms with E-state index < -0.39 is 0 Å². The monoisotopic (exact) mass is 295 g/mol. The average Bonchev–Trinajstić information content (AvgIpc) is 3.00. The molecule has 4 atom stereocenters. The van der Waals surface area contributed by atoms with Crippen molar-refractivity contribution in [1.82, 2.24) is 9.80 Å². The number of morpholine rings is 1. The summed E-state index contributed by atoms with van der Waals surface area (Å²) in [6.45, 7) is 7.70. The van der Waals surface area contributed by atoms with Gasteiger partial charge in [-0.05, 0) is 31.6 Å². The number of amides is 1. The number of nitrogens with zero attached hydrogens (tertiary/aromatic N) is 2. The van der Waals surface area contributed by atoms with Crippen LogP contribution in [0.4, 0.5) is 0 Å². The van der Waals surface area contributed by atoms with Gasteiger partial charge in [-0.2, -0.15) is 0 Å². The number of ether oxygens (including phenoxy) is 1. The molecule has 0 spiro atoms. The number of nitrogens with two attached hydrogens (primary N) is 1. The van der Waals surface area contributed by atoms with Crippen molar-refractivity contribution in [3.05, 3.63) is 0 Å². The summed E-state index contributed by atoms with van der Waals surface area (Å²) in [5.41, 5.74) is 6.21. The first-order valence-electron chi connectivity index (χ1n) is 8.51. The van der Waals surface area contributed by atoms with E-state index in [2.05, 4.69) is 16.7 Å². The Hall–Kier alpha value is -0.650. The molecule has 0 aromatic rings. The van der Waals surface area contributed by atoms with E-state index in [1.165, 1.54) is 6.42 Å². The minimum atomic E-state index is 0.0530. The number of hydrogen-bond acceptors (Lipinski definition) is 4. The Kier molecular flexibility index (Phi) is 4.82. The average molecular weight is 295 g/mol. The summed E-state index contributed by atoms with van der Waals surface area (Å²) in [6, 6.07) is 0.589. The van der Waals surface area contributed by atoms with Crippen LogP contribution in [-0.2, 0) is 9.53 Å². The lowest BCUT2D eigenvalue weighted by molar-refractivity contribution is -0.136. The molecule has 0 radical (unpaired) electrons. The molecule has 2 N–H and O–H groups in total. The van der Waals surface area contributed by atoms with Gasteiger partial charge in [0.25, 0.3) is 0 Å². The molecule has 3 fully saturated rings. The predicted octanol–water partition coefficient (Wildman–Crippen LogP) is 0.683. The smallest absolute Gasteiger partial charge is 0.227 e. The van der Waals surface area contributed by atoms with E-state index in [1.807, 2.05) is 0 Å². The van der Waals surface area contributed by atoms with Gasteiger partial charge >= 0.3 is 0 Å². The normalized spacial score (nSPS) is 38.7. The van der Waals surface area contributed by atoms with Gasteiger partial charge in [-0.1, -0.05) is 6.92 Å². The zero-order valence-corrected chi connectivity index (χ0v) is 13.2. The maximum absolute atomic E-state index is 12.8. The lowest BCUT2D eigenvalue weighted by Gasteiger charge is -2.35. The summed E-state index contributed by atoms with van der Waals surface area (Å²) in [6.07, 6.45) is 4.24. The fraction of sp³-hybridized carbons (Fsp3) is 0.938. The van der Waals surface area contributed by atoms with E-state index in [1.54, 1.807) is 0 Å². The SMILES string of the molecule is CC1CCC(N)C(C(=O)N2CCC(N3CCOCC3)C2)C1. The molecule has 2 heterocycles. The Bertz CT molecular complexity index is 371. The van der Waals surface area contributed by atoms with Crippen LogP contribution in [0.5, 0.6) is 0 Å². The summed E-state index contributed by atoms with van der Waals surface area (Å²) in [5, 5.41) is 0. The summed E-state index contributed by atoms with van der Waals surface area (Å²) >= 11 is 0. The van der Waals surface area contributed by atoms with Crippen molar-refractivity contribution in [3.63, 3.8) is 0 Å². The van der Waals surface area contributed by atoms with E-state index in [-0.39, 0.29) is 12.0 Å². The van der Waals surface area contributed by atoms with Crippen molar-refractivity contribution in [2.75, 3.05) is 39.4 Å². The number of rotatable bonds is 2. The summed E-state index contributed by atoms with van der Waals surface area (Å²) in [4.78, 5) is 17.3. The third-order valence-corrected chi connectivity index (χ3v) is 5.52. The largest absolute Gasteiger partial charge is 0.379 e. The van der Waals surface area contributed by atoms with Crippen LogP contribution in [0.25, 0.3) is 0 Å². The molecule has 120 valence electrons. The van der Waals surface area contributed by atoms with Crippen LogP contribution in [0.1, 0.15) is 32.6 Å². The topological polar surface area (TPSA) is 58.8 Å². The van der Waals surface area contributed by atoms with Crippen molar-refractivity contribution < 1.29 is 9.53 Å². The molecule has 5 heteroatoms. The van der Waals surface area contributed by atoms with Crippen molar-refractivity contribution >= 4 is 5.91 Å². The third kappa shape index (κ3) is 3.41. The molecule has 4 unspecified atom stereocenters. The highest BCUT2D eigenvalue weighted by molar-refractivity contribution is 5.80. The first-order chi connectivity index (χ1) is 10.1. The highest BCUT2D eigenvalue weighted by Crippen LogP contribution is 2.30. The molecule has 0 aromatic heterocycles. The summed E-state index contributed by atoms with van der Waals surface area (Å²) in [5.74, 6) is 0.999. The van der Waals surface area contributed by atoms with Gasteiger partial charge in [0, 0.05) is 38.3 Å². The zero-order valence-electron chi connectivity index (χ0n) is 13.2. The van der Waals surface area contributed by atoms with Gasteiger partial charge in [-0.3, -0.25) is 9.69 Å². The highest BCUT2D eigenvalue weighted by atomic mass is 16.5. The van der Waals surface area contributed by atoms with E-state index in [4.69, 9.17) is 10.5 Å². The second-order valence-electron chi connectivity index (χ2n) is 7.06. The van der Waals surface area contributed by atoms with Crippen molar-refractivity contribution in [3.8, 4) is 0 Å². The highest BCUT2D eigenvalue weighted by Gasteiger charge is 2.38. The van der Waals surface area contributed by atoms with Gasteiger partial charge < -0.3 is 15.4 Å². The van der Waals surface area contributed by atoms with E-state index in [0.29, 0.717) is 17.9 Å². The van der Waals surface area contributed by atoms with Gasteiger partial charge in [-0.15, -0.1) is 0 Å². The maximum atomic E-state index is 12.8. The first kappa shape index (κ1) is 15.3. The fourth-order valence-electron chi connectivity index (χ4n) is 4.11. The lowest BCUT2D eigenvalue weighted by Crippen LogP contribution is -2.48.